The third-order valence-electron chi connectivity index (χ3n) is 8.83. The molecule has 6 atom stereocenters. The fourth-order valence-corrected chi connectivity index (χ4v) is 8.51. The van der Waals surface area contributed by atoms with Gasteiger partial charge in [0, 0.05) is 80.2 Å². The first-order valence-corrected chi connectivity index (χ1v) is 16.0. The van der Waals surface area contributed by atoms with Gasteiger partial charge in [0.1, 0.15) is 5.82 Å². The first-order valence-electron chi connectivity index (χ1n) is 13.7. The van der Waals surface area contributed by atoms with Crippen LogP contribution < -0.4 is 21.1 Å². The first-order chi connectivity index (χ1) is 18.8. The SMILES string of the molecule is CNCc1cc(C2NNC3CCC(O[C@H](C)c4c(Cl)cncc4Cl)CC32)cnc1N1CC2(C1)CN(S(C)=O)C2. The highest BCUT2D eigenvalue weighted by Gasteiger charge is 2.53. The molecule has 2 aromatic rings. The Hall–Kier alpha value is -1.37. The molecule has 3 N–H and O–H groups in total. The van der Waals surface area contributed by atoms with Crippen LogP contribution in [0.25, 0.3) is 0 Å². The molecule has 4 aliphatic rings. The lowest BCUT2D eigenvalue weighted by Gasteiger charge is -2.60. The zero-order chi connectivity index (χ0) is 27.3. The van der Waals surface area contributed by atoms with Gasteiger partial charge in [-0.25, -0.2) is 18.9 Å². The van der Waals surface area contributed by atoms with E-state index >= 15 is 0 Å². The van der Waals surface area contributed by atoms with Crippen molar-refractivity contribution in [2.45, 2.75) is 57.0 Å². The van der Waals surface area contributed by atoms with Crippen LogP contribution in [0.4, 0.5) is 5.82 Å². The molecular formula is C27H37Cl2N7O2S. The predicted octanol–water partition coefficient (Wildman–Crippen LogP) is 3.38. The van der Waals surface area contributed by atoms with Crippen LogP contribution in [0.15, 0.2) is 24.7 Å². The van der Waals surface area contributed by atoms with Crippen LogP contribution in [0.1, 0.15) is 55.0 Å². The minimum Gasteiger partial charge on any atom is -0.370 e. The minimum absolute atomic E-state index is 0.117. The molecule has 5 heterocycles. The third kappa shape index (κ3) is 5.35. The Kier molecular flexibility index (Phi) is 7.93. The van der Waals surface area contributed by atoms with Gasteiger partial charge in [-0.05, 0) is 50.8 Å². The largest absolute Gasteiger partial charge is 0.370 e. The van der Waals surface area contributed by atoms with Crippen molar-refractivity contribution in [3.8, 4) is 0 Å². The minimum atomic E-state index is -0.874. The summed E-state index contributed by atoms with van der Waals surface area (Å²) in [5, 5.41) is 4.41. The zero-order valence-electron chi connectivity index (χ0n) is 22.6. The van der Waals surface area contributed by atoms with Gasteiger partial charge in [-0.2, -0.15) is 0 Å². The standard InChI is InChI=1S/C27H37Cl2N7O2S/c1-16(24-21(28)10-31-11-22(24)29)38-19-4-5-23-20(7-19)25(34-33-23)17-6-18(8-30-2)26(32-9-17)35-12-27(13-35)14-36(15-27)39(3)37/h6,9-11,16,19-20,23,25,30,33-34H,4-5,7-8,12-15H2,1-3H3/t16-,19?,20?,23?,25?,39?/m1/s1. The number of nitrogens with one attached hydrogen (secondary N) is 3. The number of anilines is 1. The lowest BCUT2D eigenvalue weighted by molar-refractivity contribution is -0.0370. The Morgan fingerprint density at radius 3 is 2.62 bits per heavy atom. The maximum absolute atomic E-state index is 11.7. The van der Waals surface area contributed by atoms with E-state index in [1.54, 1.807) is 18.6 Å². The van der Waals surface area contributed by atoms with Crippen molar-refractivity contribution in [2.75, 3.05) is 44.4 Å². The smallest absolute Gasteiger partial charge is 0.133 e. The van der Waals surface area contributed by atoms with Crippen molar-refractivity contribution in [3.05, 3.63) is 51.4 Å². The normalized spacial score (nSPS) is 29.5. The van der Waals surface area contributed by atoms with Gasteiger partial charge in [0.05, 0.1) is 39.3 Å². The molecule has 3 aliphatic heterocycles. The number of hydrogen-bond donors (Lipinski definition) is 3. The van der Waals surface area contributed by atoms with Crippen molar-refractivity contribution in [2.24, 2.45) is 11.3 Å². The van der Waals surface area contributed by atoms with Gasteiger partial charge in [-0.15, -0.1) is 0 Å². The van der Waals surface area contributed by atoms with Crippen LogP contribution in [0.3, 0.4) is 0 Å². The monoisotopic (exact) mass is 593 g/mol. The van der Waals surface area contributed by atoms with E-state index < -0.39 is 11.0 Å². The van der Waals surface area contributed by atoms with Crippen LogP contribution >= 0.6 is 23.2 Å². The van der Waals surface area contributed by atoms with E-state index in [9.17, 15) is 4.21 Å². The number of aromatic nitrogens is 2. The summed E-state index contributed by atoms with van der Waals surface area (Å²) >= 11 is 12.8. The van der Waals surface area contributed by atoms with E-state index in [4.69, 9.17) is 32.9 Å². The van der Waals surface area contributed by atoms with E-state index in [0.717, 1.165) is 63.4 Å². The summed E-state index contributed by atoms with van der Waals surface area (Å²) in [6.07, 6.45) is 9.90. The highest BCUT2D eigenvalue weighted by Crippen LogP contribution is 2.44. The zero-order valence-corrected chi connectivity index (χ0v) is 25.0. The second-order valence-corrected chi connectivity index (χ2v) is 13.8. The van der Waals surface area contributed by atoms with Gasteiger partial charge in [0.25, 0.3) is 0 Å². The summed E-state index contributed by atoms with van der Waals surface area (Å²) in [4.78, 5) is 11.4. The Labute approximate surface area is 242 Å². The van der Waals surface area contributed by atoms with Gasteiger partial charge in [-0.3, -0.25) is 10.4 Å². The number of halogens is 2. The molecule has 1 saturated carbocycles. The summed E-state index contributed by atoms with van der Waals surface area (Å²) in [7, 11) is 1.10. The molecule has 5 unspecified atom stereocenters. The summed E-state index contributed by atoms with van der Waals surface area (Å²) in [5.74, 6) is 1.44. The molecule has 6 rings (SSSR count). The van der Waals surface area contributed by atoms with Gasteiger partial charge >= 0.3 is 0 Å². The third-order valence-corrected chi connectivity index (χ3v) is 10.4. The van der Waals surface area contributed by atoms with Crippen molar-refractivity contribution < 1.29 is 8.95 Å². The Morgan fingerprint density at radius 2 is 1.92 bits per heavy atom. The number of fused-ring (bicyclic) bond motifs is 1. The van der Waals surface area contributed by atoms with E-state index in [1.807, 2.05) is 24.5 Å². The average molecular weight is 595 g/mol. The molecule has 1 aliphatic carbocycles. The average Bonchev–Trinajstić information content (AvgIpc) is 3.26. The van der Waals surface area contributed by atoms with Crippen molar-refractivity contribution in [1.82, 2.24) is 30.4 Å². The predicted molar refractivity (Wildman–Crippen MR) is 155 cm³/mol. The van der Waals surface area contributed by atoms with Gasteiger partial charge in [0.2, 0.25) is 0 Å². The molecule has 1 spiro atoms. The number of pyridine rings is 2. The molecule has 0 aromatic carbocycles. The van der Waals surface area contributed by atoms with Gasteiger partial charge in [-0.1, -0.05) is 23.2 Å². The molecule has 0 bridgehead atoms. The Balaban J connectivity index is 1.14. The second-order valence-electron chi connectivity index (χ2n) is 11.6. The fraction of sp³-hybridized carbons (Fsp3) is 0.630. The summed E-state index contributed by atoms with van der Waals surface area (Å²) in [6.45, 7) is 6.54. The van der Waals surface area contributed by atoms with Crippen molar-refractivity contribution in [1.29, 1.82) is 0 Å². The molecule has 0 amide bonds. The second kappa shape index (κ2) is 11.1. The quantitative estimate of drug-likeness (QED) is 0.429. The number of nitrogens with zero attached hydrogens (tertiary/aromatic N) is 4. The van der Waals surface area contributed by atoms with E-state index in [1.165, 1.54) is 11.1 Å². The topological polar surface area (TPSA) is 94.6 Å². The Morgan fingerprint density at radius 1 is 1.18 bits per heavy atom. The summed E-state index contributed by atoms with van der Waals surface area (Å²) in [6, 6.07) is 2.86. The lowest BCUT2D eigenvalue weighted by atomic mass is 9.74. The van der Waals surface area contributed by atoms with Crippen LogP contribution in [0, 0.1) is 11.3 Å². The number of hydrogen-bond acceptors (Lipinski definition) is 8. The van der Waals surface area contributed by atoms with Crippen molar-refractivity contribution >= 4 is 40.0 Å². The molecular weight excluding hydrogens is 557 g/mol. The number of rotatable bonds is 8. The van der Waals surface area contributed by atoms with Gasteiger partial charge < -0.3 is 15.0 Å². The fourth-order valence-electron chi connectivity index (χ4n) is 6.93. The first kappa shape index (κ1) is 27.8. The molecule has 4 fully saturated rings. The van der Waals surface area contributed by atoms with Crippen LogP contribution in [0.5, 0.6) is 0 Å². The molecule has 3 saturated heterocycles. The van der Waals surface area contributed by atoms with Crippen LogP contribution in [-0.2, 0) is 22.3 Å². The van der Waals surface area contributed by atoms with E-state index in [-0.39, 0.29) is 23.7 Å². The molecule has 12 heteroatoms. The molecule has 0 radical (unpaired) electrons. The molecule has 2 aromatic heterocycles. The highest BCUT2D eigenvalue weighted by molar-refractivity contribution is 7.81. The van der Waals surface area contributed by atoms with Gasteiger partial charge in [0.15, 0.2) is 0 Å². The van der Waals surface area contributed by atoms with Crippen LogP contribution in [0.2, 0.25) is 10.0 Å². The lowest BCUT2D eigenvalue weighted by Crippen LogP contribution is -2.72. The molecule has 39 heavy (non-hydrogen) atoms. The van der Waals surface area contributed by atoms with E-state index in [2.05, 4.69) is 32.1 Å². The maximum atomic E-state index is 11.7. The maximum Gasteiger partial charge on any atom is 0.133 e. The van der Waals surface area contributed by atoms with Crippen molar-refractivity contribution in [3.63, 3.8) is 0 Å². The van der Waals surface area contributed by atoms with Crippen LogP contribution in [-0.4, -0.2) is 70.1 Å². The summed E-state index contributed by atoms with van der Waals surface area (Å²) in [5.41, 5.74) is 10.6. The number of ether oxygens (including phenoxy) is 1. The summed E-state index contributed by atoms with van der Waals surface area (Å²) < 4.78 is 20.3. The number of hydrazine groups is 1. The molecule has 9 nitrogen and oxygen atoms in total. The highest BCUT2D eigenvalue weighted by atomic mass is 35.5. The Bertz CT molecular complexity index is 1220. The molecule has 212 valence electrons. The van der Waals surface area contributed by atoms with E-state index in [0.29, 0.717) is 22.0 Å².